The molecule has 0 aromatic heterocycles. The first-order valence-electron chi connectivity index (χ1n) is 9.31. The maximum atomic E-state index is 12.9. The first-order valence-corrected chi connectivity index (χ1v) is 11.1. The van der Waals surface area contributed by atoms with Gasteiger partial charge in [-0.3, -0.25) is 4.79 Å². The minimum Gasteiger partial charge on any atom is -0.496 e. The smallest absolute Gasteiger partial charge is 0.282 e. The molecule has 7 nitrogen and oxygen atoms in total. The number of rotatable bonds is 4. The molecule has 0 unspecified atom stereocenters. The van der Waals surface area contributed by atoms with Gasteiger partial charge in [-0.1, -0.05) is 24.4 Å². The highest BCUT2D eigenvalue weighted by Gasteiger charge is 2.34. The summed E-state index contributed by atoms with van der Waals surface area (Å²) in [5.41, 5.74) is 0.397. The minimum absolute atomic E-state index is 0.193. The van der Waals surface area contributed by atoms with Gasteiger partial charge in [0.2, 0.25) is 0 Å². The monoisotopic (exact) mass is 415 g/mol. The van der Waals surface area contributed by atoms with Gasteiger partial charge in [0, 0.05) is 44.3 Å². The van der Waals surface area contributed by atoms with Crippen LogP contribution in [0, 0.1) is 0 Å². The number of piperazine rings is 1. The molecule has 1 aromatic carbocycles. The van der Waals surface area contributed by atoms with Crippen molar-refractivity contribution in [3.05, 3.63) is 28.8 Å². The van der Waals surface area contributed by atoms with E-state index in [4.69, 9.17) is 16.3 Å². The van der Waals surface area contributed by atoms with Gasteiger partial charge in [0.05, 0.1) is 12.7 Å². The standard InChI is InChI=1S/C18H26ClN3O4S/c1-26-17-7-6-15(19)14-16(17)18(23)20-10-12-22(13-11-20)27(24,25)21-8-4-2-3-5-9-21/h6-7,14H,2-5,8-13H2,1H3. The second kappa shape index (κ2) is 8.77. The average Bonchev–Trinajstić information content (AvgIpc) is 2.97. The van der Waals surface area contributed by atoms with Crippen molar-refractivity contribution in [3.8, 4) is 5.75 Å². The summed E-state index contributed by atoms with van der Waals surface area (Å²) >= 11 is 6.02. The summed E-state index contributed by atoms with van der Waals surface area (Å²) in [6, 6.07) is 4.92. The van der Waals surface area contributed by atoms with Crippen molar-refractivity contribution in [3.63, 3.8) is 0 Å². The SMILES string of the molecule is COc1ccc(Cl)cc1C(=O)N1CCN(S(=O)(=O)N2CCCCCC2)CC1. The van der Waals surface area contributed by atoms with Gasteiger partial charge < -0.3 is 9.64 Å². The van der Waals surface area contributed by atoms with Gasteiger partial charge in [-0.2, -0.15) is 17.0 Å². The fourth-order valence-electron chi connectivity index (χ4n) is 3.58. The predicted molar refractivity (Wildman–Crippen MR) is 104 cm³/mol. The Morgan fingerprint density at radius 3 is 2.15 bits per heavy atom. The number of ether oxygens (including phenoxy) is 1. The molecule has 0 spiro atoms. The molecule has 0 saturated carbocycles. The molecule has 0 bridgehead atoms. The molecule has 0 N–H and O–H groups in total. The predicted octanol–water partition coefficient (Wildman–Crippen LogP) is 2.23. The second-order valence-electron chi connectivity index (χ2n) is 6.86. The molecular formula is C18H26ClN3O4S. The molecule has 0 aliphatic carbocycles. The van der Waals surface area contributed by atoms with Crippen molar-refractivity contribution in [2.24, 2.45) is 0 Å². The zero-order valence-corrected chi connectivity index (χ0v) is 17.1. The molecule has 150 valence electrons. The zero-order valence-electron chi connectivity index (χ0n) is 15.6. The van der Waals surface area contributed by atoms with E-state index in [9.17, 15) is 13.2 Å². The number of carbonyl (C=O) groups excluding carboxylic acids is 1. The Morgan fingerprint density at radius 2 is 1.56 bits per heavy atom. The number of benzene rings is 1. The molecule has 2 aliphatic heterocycles. The molecule has 1 amide bonds. The summed E-state index contributed by atoms with van der Waals surface area (Å²) in [4.78, 5) is 14.5. The number of hydrogen-bond donors (Lipinski definition) is 0. The van der Waals surface area contributed by atoms with E-state index in [2.05, 4.69) is 0 Å². The van der Waals surface area contributed by atoms with E-state index in [0.717, 1.165) is 25.7 Å². The highest BCUT2D eigenvalue weighted by molar-refractivity contribution is 7.86. The summed E-state index contributed by atoms with van der Waals surface area (Å²) in [5, 5.41) is 0.460. The first kappa shape index (κ1) is 20.4. The van der Waals surface area contributed by atoms with Crippen LogP contribution in [0.4, 0.5) is 0 Å². The topological polar surface area (TPSA) is 70.2 Å². The van der Waals surface area contributed by atoms with Crippen molar-refractivity contribution in [1.29, 1.82) is 0 Å². The van der Waals surface area contributed by atoms with E-state index in [1.165, 1.54) is 11.4 Å². The van der Waals surface area contributed by atoms with E-state index in [1.807, 2.05) is 0 Å². The number of hydrogen-bond acceptors (Lipinski definition) is 4. The van der Waals surface area contributed by atoms with Gasteiger partial charge in [0.1, 0.15) is 5.75 Å². The van der Waals surface area contributed by atoms with Crippen LogP contribution in [-0.4, -0.2) is 74.2 Å². The van der Waals surface area contributed by atoms with Crippen LogP contribution >= 0.6 is 11.6 Å². The Morgan fingerprint density at radius 1 is 0.963 bits per heavy atom. The van der Waals surface area contributed by atoms with Crippen LogP contribution in [0.2, 0.25) is 5.02 Å². The highest BCUT2D eigenvalue weighted by Crippen LogP contribution is 2.25. The van der Waals surface area contributed by atoms with Crippen molar-refractivity contribution in [1.82, 2.24) is 13.5 Å². The molecule has 3 rings (SSSR count). The van der Waals surface area contributed by atoms with Gasteiger partial charge in [-0.15, -0.1) is 0 Å². The van der Waals surface area contributed by atoms with Crippen LogP contribution in [0.15, 0.2) is 18.2 Å². The average molecular weight is 416 g/mol. The summed E-state index contributed by atoms with van der Waals surface area (Å²) in [5.74, 6) is 0.269. The van der Waals surface area contributed by atoms with Gasteiger partial charge in [-0.05, 0) is 31.0 Å². The van der Waals surface area contributed by atoms with Crippen molar-refractivity contribution >= 4 is 27.7 Å². The van der Waals surface area contributed by atoms with Crippen LogP contribution in [0.1, 0.15) is 36.0 Å². The van der Waals surface area contributed by atoms with Gasteiger partial charge >= 0.3 is 0 Å². The molecule has 0 atom stereocenters. The lowest BCUT2D eigenvalue weighted by Gasteiger charge is -2.36. The Labute approximate surface area is 166 Å². The molecule has 1 aromatic rings. The Kier molecular flexibility index (Phi) is 6.62. The fourth-order valence-corrected chi connectivity index (χ4v) is 5.42. The lowest BCUT2D eigenvalue weighted by Crippen LogP contribution is -2.54. The lowest BCUT2D eigenvalue weighted by molar-refractivity contribution is 0.0690. The van der Waals surface area contributed by atoms with E-state index < -0.39 is 10.2 Å². The molecule has 0 radical (unpaired) electrons. The maximum absolute atomic E-state index is 12.9. The Hall–Kier alpha value is -1.35. The third-order valence-corrected chi connectivity index (χ3v) is 7.41. The second-order valence-corrected chi connectivity index (χ2v) is 9.22. The molecule has 27 heavy (non-hydrogen) atoms. The highest BCUT2D eigenvalue weighted by atomic mass is 35.5. The van der Waals surface area contributed by atoms with Crippen LogP contribution in [0.5, 0.6) is 5.75 Å². The maximum Gasteiger partial charge on any atom is 0.282 e. The number of nitrogens with zero attached hydrogens (tertiary/aromatic N) is 3. The fraction of sp³-hybridized carbons (Fsp3) is 0.611. The minimum atomic E-state index is -3.46. The molecule has 2 fully saturated rings. The van der Waals surface area contributed by atoms with E-state index in [1.54, 1.807) is 27.4 Å². The van der Waals surface area contributed by atoms with E-state index in [-0.39, 0.29) is 5.91 Å². The van der Waals surface area contributed by atoms with Gasteiger partial charge in [0.15, 0.2) is 0 Å². The van der Waals surface area contributed by atoms with Crippen LogP contribution < -0.4 is 4.74 Å². The zero-order chi connectivity index (χ0) is 19.4. The molecule has 2 aliphatic rings. The number of carbonyl (C=O) groups is 1. The summed E-state index contributed by atoms with van der Waals surface area (Å²) in [6.45, 7) is 2.46. The number of methoxy groups -OCH3 is 1. The summed E-state index contributed by atoms with van der Waals surface area (Å²) in [7, 11) is -1.95. The van der Waals surface area contributed by atoms with Crippen molar-refractivity contribution in [2.75, 3.05) is 46.4 Å². The van der Waals surface area contributed by atoms with Crippen molar-refractivity contribution in [2.45, 2.75) is 25.7 Å². The van der Waals surface area contributed by atoms with E-state index >= 15 is 0 Å². The molecule has 2 heterocycles. The van der Waals surface area contributed by atoms with Crippen LogP contribution in [-0.2, 0) is 10.2 Å². The summed E-state index contributed by atoms with van der Waals surface area (Å²) < 4.78 is 34.1. The normalized spacial score (nSPS) is 20.3. The molecule has 2 saturated heterocycles. The number of halogens is 1. The summed E-state index contributed by atoms with van der Waals surface area (Å²) in [6.07, 6.45) is 3.98. The Balaban J connectivity index is 1.66. The quantitative estimate of drug-likeness (QED) is 0.756. The number of amides is 1. The van der Waals surface area contributed by atoms with Crippen LogP contribution in [0.25, 0.3) is 0 Å². The van der Waals surface area contributed by atoms with E-state index in [0.29, 0.717) is 55.6 Å². The third-order valence-electron chi connectivity index (χ3n) is 5.14. The van der Waals surface area contributed by atoms with Crippen LogP contribution in [0.3, 0.4) is 0 Å². The molecule has 9 heteroatoms. The third kappa shape index (κ3) is 4.56. The van der Waals surface area contributed by atoms with Crippen molar-refractivity contribution < 1.29 is 17.9 Å². The Bertz CT molecular complexity index is 771. The first-order chi connectivity index (χ1) is 12.9. The van der Waals surface area contributed by atoms with Gasteiger partial charge in [-0.25, -0.2) is 0 Å². The molecular weight excluding hydrogens is 390 g/mol. The van der Waals surface area contributed by atoms with Gasteiger partial charge in [0.25, 0.3) is 16.1 Å². The lowest BCUT2D eigenvalue weighted by atomic mass is 10.1. The largest absolute Gasteiger partial charge is 0.496 e.